The Morgan fingerprint density at radius 3 is 2.03 bits per heavy atom. The Labute approximate surface area is 191 Å². The van der Waals surface area contributed by atoms with Crippen molar-refractivity contribution in [2.45, 2.75) is 71.1 Å². The number of carbonyl (C=O) groups excluding carboxylic acids is 1. The first-order chi connectivity index (χ1) is 15.6. The fourth-order valence-corrected chi connectivity index (χ4v) is 3.34. The molecule has 0 atom stereocenters. The van der Waals surface area contributed by atoms with Gasteiger partial charge in [-0.2, -0.15) is 5.26 Å². The molecule has 2 rings (SSSR count). The van der Waals surface area contributed by atoms with E-state index in [-0.39, 0.29) is 5.75 Å². The van der Waals surface area contributed by atoms with Crippen LogP contribution in [-0.2, 0) is 0 Å². The molecule has 0 saturated heterocycles. The van der Waals surface area contributed by atoms with Crippen LogP contribution >= 0.6 is 0 Å². The summed E-state index contributed by atoms with van der Waals surface area (Å²) in [6.45, 7) is 2.90. The summed E-state index contributed by atoms with van der Waals surface area (Å²) in [7, 11) is 0. The topological polar surface area (TPSA) is 76.4 Å². The summed E-state index contributed by atoms with van der Waals surface area (Å²) in [4.78, 5) is 24.3. The van der Waals surface area contributed by atoms with Crippen LogP contribution in [0.3, 0.4) is 0 Å². The van der Waals surface area contributed by atoms with Crippen molar-refractivity contribution >= 4 is 5.97 Å². The van der Waals surface area contributed by atoms with Gasteiger partial charge in [-0.1, -0.05) is 64.7 Å². The molecule has 0 unspecified atom stereocenters. The molecular weight excluding hydrogens is 402 g/mol. The minimum atomic E-state index is -0.631. The van der Waals surface area contributed by atoms with Gasteiger partial charge in [-0.15, -0.1) is 0 Å². The minimum Gasteiger partial charge on any atom is -0.494 e. The molecule has 0 heterocycles. The van der Waals surface area contributed by atoms with Crippen LogP contribution in [0.2, 0.25) is 0 Å². The molecule has 2 aromatic rings. The van der Waals surface area contributed by atoms with Crippen molar-refractivity contribution in [2.24, 2.45) is 0 Å². The monoisotopic (exact) mass is 435 g/mol. The van der Waals surface area contributed by atoms with Gasteiger partial charge >= 0.3 is 5.97 Å². The van der Waals surface area contributed by atoms with E-state index in [9.17, 15) is 9.59 Å². The van der Waals surface area contributed by atoms with Gasteiger partial charge in [0.2, 0.25) is 5.43 Å². The molecule has 170 valence electrons. The van der Waals surface area contributed by atoms with Crippen LogP contribution < -0.4 is 14.9 Å². The maximum absolute atomic E-state index is 12.3. The van der Waals surface area contributed by atoms with Gasteiger partial charge in [0, 0.05) is 0 Å². The highest BCUT2D eigenvalue weighted by atomic mass is 16.5. The van der Waals surface area contributed by atoms with E-state index in [1.165, 1.54) is 82.1 Å². The van der Waals surface area contributed by atoms with Gasteiger partial charge in [-0.25, -0.2) is 4.79 Å². The number of carbonyl (C=O) groups is 1. The Kier molecular flexibility index (Phi) is 11.6. The van der Waals surface area contributed by atoms with Crippen LogP contribution in [0.4, 0.5) is 0 Å². The average molecular weight is 436 g/mol. The number of hydrogen-bond acceptors (Lipinski definition) is 5. The molecular formula is C27H33NO4. The molecule has 5 nitrogen and oxygen atoms in total. The van der Waals surface area contributed by atoms with Crippen molar-refractivity contribution in [2.75, 3.05) is 6.61 Å². The molecule has 0 bridgehead atoms. The number of nitriles is 1. The quantitative estimate of drug-likeness (QED) is 0.252. The SMILES string of the molecule is CCCCCCCCCCCCOc1ccc(C(=O)Oc2ccc(C#N)ccc2=O)cc1. The molecule has 0 radical (unpaired) electrons. The van der Waals surface area contributed by atoms with E-state index in [0.717, 1.165) is 6.42 Å². The molecule has 0 fully saturated rings. The van der Waals surface area contributed by atoms with E-state index in [4.69, 9.17) is 14.7 Å². The third-order valence-electron chi connectivity index (χ3n) is 5.26. The van der Waals surface area contributed by atoms with Crippen molar-refractivity contribution in [1.82, 2.24) is 0 Å². The molecule has 0 aliphatic carbocycles. The molecule has 0 N–H and O–H groups in total. The van der Waals surface area contributed by atoms with E-state index in [1.54, 1.807) is 24.3 Å². The Morgan fingerprint density at radius 2 is 1.41 bits per heavy atom. The first kappa shape index (κ1) is 25.1. The van der Waals surface area contributed by atoms with Crippen LogP contribution in [0, 0.1) is 11.3 Å². The maximum Gasteiger partial charge on any atom is 0.343 e. The molecule has 5 heteroatoms. The molecule has 0 saturated carbocycles. The lowest BCUT2D eigenvalue weighted by atomic mass is 10.1. The van der Waals surface area contributed by atoms with Crippen LogP contribution in [0.5, 0.6) is 11.5 Å². The van der Waals surface area contributed by atoms with Crippen molar-refractivity contribution < 1.29 is 14.3 Å². The van der Waals surface area contributed by atoms with Crippen LogP contribution in [-0.4, -0.2) is 12.6 Å². The second-order valence-electron chi connectivity index (χ2n) is 7.91. The Bertz CT molecular complexity index is 931. The third-order valence-corrected chi connectivity index (χ3v) is 5.26. The van der Waals surface area contributed by atoms with Crippen molar-refractivity contribution in [3.63, 3.8) is 0 Å². The zero-order valence-corrected chi connectivity index (χ0v) is 19.0. The van der Waals surface area contributed by atoms with Crippen molar-refractivity contribution in [3.8, 4) is 17.6 Å². The maximum atomic E-state index is 12.3. The van der Waals surface area contributed by atoms with Gasteiger partial charge in [0.05, 0.1) is 23.8 Å². The predicted octanol–water partition coefficient (Wildman–Crippen LogP) is 6.44. The predicted molar refractivity (Wildman–Crippen MR) is 126 cm³/mol. The zero-order chi connectivity index (χ0) is 23.0. The van der Waals surface area contributed by atoms with E-state index >= 15 is 0 Å². The summed E-state index contributed by atoms with van der Waals surface area (Å²) in [5.41, 5.74) is 0.173. The first-order valence-corrected chi connectivity index (χ1v) is 11.6. The highest BCUT2D eigenvalue weighted by Crippen LogP contribution is 2.15. The number of rotatable bonds is 14. The summed E-state index contributed by atoms with van der Waals surface area (Å²) in [5, 5.41) is 8.90. The van der Waals surface area contributed by atoms with Crippen LogP contribution in [0.1, 0.15) is 87.1 Å². The van der Waals surface area contributed by atoms with Crippen molar-refractivity contribution in [1.29, 1.82) is 5.26 Å². The summed E-state index contributed by atoms with van der Waals surface area (Å²) in [6, 6.07) is 14.0. The van der Waals surface area contributed by atoms with Gasteiger partial charge in [0.15, 0.2) is 5.75 Å². The summed E-state index contributed by atoms with van der Waals surface area (Å²) >= 11 is 0. The van der Waals surface area contributed by atoms with E-state index in [0.29, 0.717) is 23.5 Å². The average Bonchev–Trinajstić information content (AvgIpc) is 2.99. The highest BCUT2D eigenvalue weighted by Gasteiger charge is 2.10. The molecule has 0 amide bonds. The van der Waals surface area contributed by atoms with Gasteiger partial charge in [-0.05, 0) is 55.0 Å². The zero-order valence-electron chi connectivity index (χ0n) is 19.0. The molecule has 0 aliphatic rings. The van der Waals surface area contributed by atoms with E-state index in [1.807, 2.05) is 6.07 Å². The lowest BCUT2D eigenvalue weighted by molar-refractivity contribution is 0.0733. The number of hydrogen-bond donors (Lipinski definition) is 0. The third kappa shape index (κ3) is 9.34. The lowest BCUT2D eigenvalue weighted by Gasteiger charge is -2.07. The number of benzene rings is 1. The number of unbranched alkanes of at least 4 members (excludes halogenated alkanes) is 9. The summed E-state index contributed by atoms with van der Waals surface area (Å²) < 4.78 is 11.0. The number of ether oxygens (including phenoxy) is 2. The van der Waals surface area contributed by atoms with Crippen LogP contribution in [0.15, 0.2) is 53.3 Å². The summed E-state index contributed by atoms with van der Waals surface area (Å²) in [5.74, 6) is -0.0439. The van der Waals surface area contributed by atoms with Crippen LogP contribution in [0.25, 0.3) is 0 Å². The minimum absolute atomic E-state index is 0.113. The van der Waals surface area contributed by atoms with Gasteiger partial charge in [0.1, 0.15) is 5.75 Å². The van der Waals surface area contributed by atoms with Gasteiger partial charge < -0.3 is 9.47 Å². The molecule has 0 aliphatic heterocycles. The second-order valence-corrected chi connectivity index (χ2v) is 7.91. The molecule has 2 aromatic carbocycles. The second kappa shape index (κ2) is 14.8. The Balaban J connectivity index is 1.68. The normalized spacial score (nSPS) is 10.4. The van der Waals surface area contributed by atoms with E-state index in [2.05, 4.69) is 6.92 Å². The van der Waals surface area contributed by atoms with Gasteiger partial charge in [0.25, 0.3) is 0 Å². The Hall–Kier alpha value is -3.13. The number of esters is 1. The fraction of sp³-hybridized carbons (Fsp3) is 0.444. The number of nitrogens with zero attached hydrogens (tertiary/aromatic N) is 1. The van der Waals surface area contributed by atoms with Gasteiger partial charge in [-0.3, -0.25) is 4.79 Å². The van der Waals surface area contributed by atoms with E-state index < -0.39 is 11.4 Å². The summed E-state index contributed by atoms with van der Waals surface area (Å²) in [6.07, 6.45) is 12.8. The smallest absolute Gasteiger partial charge is 0.343 e. The molecule has 0 spiro atoms. The Morgan fingerprint density at radius 1 is 0.812 bits per heavy atom. The molecule has 32 heavy (non-hydrogen) atoms. The van der Waals surface area contributed by atoms with Crippen molar-refractivity contribution in [3.05, 3.63) is 69.9 Å². The fourth-order valence-electron chi connectivity index (χ4n) is 3.34. The highest BCUT2D eigenvalue weighted by molar-refractivity contribution is 5.91. The lowest BCUT2D eigenvalue weighted by Crippen LogP contribution is -2.13. The molecule has 0 aromatic heterocycles. The standard InChI is InChI=1S/C27H33NO4/c1-2-3-4-5-6-7-8-9-10-11-20-31-24-16-14-23(15-17-24)27(30)32-26-19-13-22(21-28)12-18-25(26)29/h12-19H,2-11,20H2,1H3. The largest absolute Gasteiger partial charge is 0.494 e. The first-order valence-electron chi connectivity index (χ1n) is 11.6.